The van der Waals surface area contributed by atoms with Crippen molar-refractivity contribution >= 4 is 15.9 Å². The van der Waals surface area contributed by atoms with Crippen LogP contribution in [0.2, 0.25) is 0 Å². The molecule has 2 nitrogen and oxygen atoms in total. The third-order valence-electron chi connectivity index (χ3n) is 2.97. The predicted octanol–water partition coefficient (Wildman–Crippen LogP) is 3.95. The van der Waals surface area contributed by atoms with Gasteiger partial charge in [-0.3, -0.25) is 0 Å². The van der Waals surface area contributed by atoms with Crippen LogP contribution >= 0.6 is 15.9 Å². The summed E-state index contributed by atoms with van der Waals surface area (Å²) < 4.78 is 19.9. The maximum atomic E-state index is 14.0. The highest BCUT2D eigenvalue weighted by molar-refractivity contribution is 9.10. The summed E-state index contributed by atoms with van der Waals surface area (Å²) in [4.78, 5) is 0. The molecule has 100 valence electrons. The van der Waals surface area contributed by atoms with Gasteiger partial charge in [-0.2, -0.15) is 0 Å². The summed E-state index contributed by atoms with van der Waals surface area (Å²) in [5.41, 5.74) is 8.55. The van der Waals surface area contributed by atoms with Crippen LogP contribution in [0.1, 0.15) is 22.7 Å². The maximum absolute atomic E-state index is 14.0. The normalized spacial score (nSPS) is 12.3. The number of hydrogen-bond donors (Lipinski definition) is 1. The number of halogens is 2. The summed E-state index contributed by atoms with van der Waals surface area (Å²) >= 11 is 3.43. The number of aryl methyl sites for hydroxylation is 1. The zero-order valence-electron chi connectivity index (χ0n) is 10.8. The molecule has 0 heterocycles. The Morgan fingerprint density at radius 2 is 1.95 bits per heavy atom. The van der Waals surface area contributed by atoms with E-state index >= 15 is 0 Å². The standard InChI is InChI=1S/C15H15BrFNO/c1-9-5-10(7-11(16)6-9)15(18)13-4-3-12(19-2)8-14(13)17/h3-8,15H,18H2,1-2H3. The first kappa shape index (κ1) is 14.0. The average molecular weight is 324 g/mol. The van der Waals surface area contributed by atoms with Gasteiger partial charge in [0.2, 0.25) is 0 Å². The van der Waals surface area contributed by atoms with E-state index < -0.39 is 6.04 Å². The summed E-state index contributed by atoms with van der Waals surface area (Å²) in [7, 11) is 1.51. The number of methoxy groups -OCH3 is 1. The lowest BCUT2D eigenvalue weighted by Crippen LogP contribution is -2.14. The van der Waals surface area contributed by atoms with Crippen LogP contribution < -0.4 is 10.5 Å². The highest BCUT2D eigenvalue weighted by Gasteiger charge is 2.15. The molecule has 0 aliphatic carbocycles. The molecule has 19 heavy (non-hydrogen) atoms. The molecule has 0 aromatic heterocycles. The fourth-order valence-corrected chi connectivity index (χ4v) is 2.64. The van der Waals surface area contributed by atoms with Crippen molar-refractivity contribution in [3.63, 3.8) is 0 Å². The molecule has 2 aromatic carbocycles. The van der Waals surface area contributed by atoms with Gasteiger partial charge in [-0.15, -0.1) is 0 Å². The van der Waals surface area contributed by atoms with Crippen LogP contribution in [-0.4, -0.2) is 7.11 Å². The first-order chi connectivity index (χ1) is 9.01. The monoisotopic (exact) mass is 323 g/mol. The quantitative estimate of drug-likeness (QED) is 0.928. The lowest BCUT2D eigenvalue weighted by atomic mass is 9.98. The summed E-state index contributed by atoms with van der Waals surface area (Å²) in [6, 6.07) is 10.1. The molecular formula is C15H15BrFNO. The van der Waals surface area contributed by atoms with E-state index in [9.17, 15) is 4.39 Å². The molecule has 0 amide bonds. The van der Waals surface area contributed by atoms with Gasteiger partial charge < -0.3 is 10.5 Å². The molecule has 0 aliphatic heterocycles. The number of nitrogens with two attached hydrogens (primary N) is 1. The summed E-state index contributed by atoms with van der Waals surface area (Å²) in [5.74, 6) is 0.128. The Hall–Kier alpha value is -1.39. The lowest BCUT2D eigenvalue weighted by molar-refractivity contribution is 0.410. The Kier molecular flexibility index (Phi) is 4.22. The predicted molar refractivity (Wildman–Crippen MR) is 77.9 cm³/mol. The van der Waals surface area contributed by atoms with Gasteiger partial charge in [0.05, 0.1) is 13.2 Å². The third kappa shape index (κ3) is 3.14. The van der Waals surface area contributed by atoms with Crippen LogP contribution in [0.5, 0.6) is 5.75 Å². The molecule has 0 bridgehead atoms. The highest BCUT2D eigenvalue weighted by Crippen LogP contribution is 2.27. The lowest BCUT2D eigenvalue weighted by Gasteiger charge is -2.15. The van der Waals surface area contributed by atoms with Crippen molar-refractivity contribution < 1.29 is 9.13 Å². The number of hydrogen-bond acceptors (Lipinski definition) is 2. The second kappa shape index (κ2) is 5.72. The molecule has 0 aliphatic rings. The van der Waals surface area contributed by atoms with Crippen LogP contribution in [0, 0.1) is 12.7 Å². The topological polar surface area (TPSA) is 35.2 Å². The molecule has 0 saturated carbocycles. The van der Waals surface area contributed by atoms with E-state index in [1.165, 1.54) is 13.2 Å². The van der Waals surface area contributed by atoms with Gasteiger partial charge in [0.15, 0.2) is 0 Å². The van der Waals surface area contributed by atoms with Crippen LogP contribution in [0.4, 0.5) is 4.39 Å². The summed E-state index contributed by atoms with van der Waals surface area (Å²) in [6.45, 7) is 1.98. The molecule has 2 N–H and O–H groups in total. The van der Waals surface area contributed by atoms with Crippen LogP contribution in [0.3, 0.4) is 0 Å². The van der Waals surface area contributed by atoms with Crippen LogP contribution in [-0.2, 0) is 0 Å². The molecule has 1 unspecified atom stereocenters. The van der Waals surface area contributed by atoms with E-state index in [4.69, 9.17) is 10.5 Å². The van der Waals surface area contributed by atoms with E-state index in [1.807, 2.05) is 25.1 Å². The molecule has 2 rings (SSSR count). The molecule has 0 spiro atoms. The Labute approximate surface area is 120 Å². The Bertz CT molecular complexity index is 580. The Morgan fingerprint density at radius 3 is 2.53 bits per heavy atom. The second-order valence-electron chi connectivity index (χ2n) is 4.43. The first-order valence-electron chi connectivity index (χ1n) is 5.87. The molecule has 0 fully saturated rings. The Balaban J connectivity index is 2.40. The smallest absolute Gasteiger partial charge is 0.132 e. The number of benzene rings is 2. The molecule has 2 aromatic rings. The van der Waals surface area contributed by atoms with Gasteiger partial charge >= 0.3 is 0 Å². The van der Waals surface area contributed by atoms with Gasteiger partial charge in [-0.25, -0.2) is 4.39 Å². The third-order valence-corrected chi connectivity index (χ3v) is 3.42. The van der Waals surface area contributed by atoms with Gasteiger partial charge in [-0.05, 0) is 36.2 Å². The molecule has 0 saturated heterocycles. The van der Waals surface area contributed by atoms with Crippen LogP contribution in [0.25, 0.3) is 0 Å². The molecular weight excluding hydrogens is 309 g/mol. The average Bonchev–Trinajstić information content (AvgIpc) is 2.36. The summed E-state index contributed by atoms with van der Waals surface area (Å²) in [6.07, 6.45) is 0. The SMILES string of the molecule is COc1ccc(C(N)c2cc(C)cc(Br)c2)c(F)c1. The van der Waals surface area contributed by atoms with Crippen molar-refractivity contribution in [2.24, 2.45) is 5.73 Å². The van der Waals surface area contributed by atoms with E-state index in [-0.39, 0.29) is 5.82 Å². The van der Waals surface area contributed by atoms with E-state index in [2.05, 4.69) is 15.9 Å². The molecule has 0 radical (unpaired) electrons. The van der Waals surface area contributed by atoms with Crippen molar-refractivity contribution in [1.29, 1.82) is 0 Å². The number of ether oxygens (including phenoxy) is 1. The van der Waals surface area contributed by atoms with Crippen molar-refractivity contribution in [2.45, 2.75) is 13.0 Å². The largest absolute Gasteiger partial charge is 0.497 e. The van der Waals surface area contributed by atoms with E-state index in [0.29, 0.717) is 11.3 Å². The zero-order valence-corrected chi connectivity index (χ0v) is 12.4. The van der Waals surface area contributed by atoms with Crippen molar-refractivity contribution in [1.82, 2.24) is 0 Å². The van der Waals surface area contributed by atoms with Gasteiger partial charge in [0.1, 0.15) is 11.6 Å². The van der Waals surface area contributed by atoms with Crippen molar-refractivity contribution in [3.05, 3.63) is 63.4 Å². The summed E-state index contributed by atoms with van der Waals surface area (Å²) in [5, 5.41) is 0. The zero-order chi connectivity index (χ0) is 14.0. The fourth-order valence-electron chi connectivity index (χ4n) is 2.01. The number of rotatable bonds is 3. The Morgan fingerprint density at radius 1 is 1.21 bits per heavy atom. The molecule has 4 heteroatoms. The van der Waals surface area contributed by atoms with Crippen molar-refractivity contribution in [3.8, 4) is 5.75 Å². The van der Waals surface area contributed by atoms with Gasteiger partial charge in [-0.1, -0.05) is 28.1 Å². The maximum Gasteiger partial charge on any atom is 0.132 e. The minimum Gasteiger partial charge on any atom is -0.497 e. The van der Waals surface area contributed by atoms with E-state index in [1.54, 1.807) is 12.1 Å². The first-order valence-corrected chi connectivity index (χ1v) is 6.66. The van der Waals surface area contributed by atoms with E-state index in [0.717, 1.165) is 15.6 Å². The van der Waals surface area contributed by atoms with Crippen LogP contribution in [0.15, 0.2) is 40.9 Å². The highest BCUT2D eigenvalue weighted by atomic mass is 79.9. The second-order valence-corrected chi connectivity index (χ2v) is 5.34. The minimum absolute atomic E-state index is 0.357. The van der Waals surface area contributed by atoms with Crippen molar-refractivity contribution in [2.75, 3.05) is 7.11 Å². The fraction of sp³-hybridized carbons (Fsp3) is 0.200. The minimum atomic E-state index is -0.498. The molecule has 1 atom stereocenters. The van der Waals surface area contributed by atoms with Gasteiger partial charge in [0, 0.05) is 16.1 Å². The van der Waals surface area contributed by atoms with Gasteiger partial charge in [0.25, 0.3) is 0 Å².